The van der Waals surface area contributed by atoms with Crippen LogP contribution in [0.3, 0.4) is 0 Å². The van der Waals surface area contributed by atoms with Gasteiger partial charge in [0.05, 0.1) is 11.4 Å². The third kappa shape index (κ3) is 2.76. The molecule has 0 bridgehead atoms. The smallest absolute Gasteiger partial charge is 0.313 e. The Hall–Kier alpha value is -1.08. The van der Waals surface area contributed by atoms with E-state index in [0.29, 0.717) is 17.2 Å². The highest BCUT2D eigenvalue weighted by Crippen LogP contribution is 2.37. The van der Waals surface area contributed by atoms with E-state index in [4.69, 9.17) is 11.6 Å². The minimum atomic E-state index is -4.43. The van der Waals surface area contributed by atoms with Crippen molar-refractivity contribution in [2.45, 2.75) is 12.1 Å². The summed E-state index contributed by atoms with van der Waals surface area (Å²) in [4.78, 5) is 0. The Morgan fingerprint density at radius 3 is 2.53 bits per heavy atom. The molecule has 2 rings (SSSR count). The van der Waals surface area contributed by atoms with Crippen LogP contribution >= 0.6 is 27.5 Å². The zero-order valence-electron chi connectivity index (χ0n) is 9.67. The highest BCUT2D eigenvalue weighted by Gasteiger charge is 2.33. The van der Waals surface area contributed by atoms with Gasteiger partial charge in [-0.25, -0.2) is 0 Å². The lowest BCUT2D eigenvalue weighted by Crippen LogP contribution is -2.06. The van der Waals surface area contributed by atoms with E-state index in [1.54, 1.807) is 17.7 Å². The molecule has 0 saturated carbocycles. The van der Waals surface area contributed by atoms with Crippen molar-refractivity contribution in [3.8, 4) is 11.4 Å². The van der Waals surface area contributed by atoms with Gasteiger partial charge in [0.25, 0.3) is 0 Å². The summed E-state index contributed by atoms with van der Waals surface area (Å²) >= 11 is 8.54. The second kappa shape index (κ2) is 5.13. The van der Waals surface area contributed by atoms with E-state index in [9.17, 15) is 13.2 Å². The van der Waals surface area contributed by atoms with Crippen molar-refractivity contribution in [3.63, 3.8) is 0 Å². The second-order valence-corrected chi connectivity index (χ2v) is 4.95. The first-order valence-corrected chi connectivity index (χ1v) is 6.48. The third-order valence-corrected chi connectivity index (χ3v) is 3.55. The molecule has 0 amide bonds. The molecule has 8 heteroatoms. The van der Waals surface area contributed by atoms with Gasteiger partial charge in [-0.3, -0.25) is 0 Å². The molecular formula is C11H8BrClF3N3. The maximum absolute atomic E-state index is 12.8. The molecule has 19 heavy (non-hydrogen) atoms. The molecule has 2 aromatic rings. The SMILES string of the molecule is Cn1c(CCl)nnc1-c1ccc(Br)c(C(F)(F)F)c1. The molecular weight excluding hydrogens is 346 g/mol. The Labute approximate surface area is 120 Å². The Balaban J connectivity index is 2.55. The summed E-state index contributed by atoms with van der Waals surface area (Å²) in [6.45, 7) is 0. The fraction of sp³-hybridized carbons (Fsp3) is 0.273. The summed E-state index contributed by atoms with van der Waals surface area (Å²) in [6, 6.07) is 3.92. The summed E-state index contributed by atoms with van der Waals surface area (Å²) in [5.41, 5.74) is -0.415. The molecule has 1 aromatic carbocycles. The fourth-order valence-electron chi connectivity index (χ4n) is 1.61. The lowest BCUT2D eigenvalue weighted by atomic mass is 10.1. The molecule has 0 radical (unpaired) electrons. The predicted octanol–water partition coefficient (Wildman–Crippen LogP) is 4.00. The Bertz CT molecular complexity index is 610. The molecule has 0 atom stereocenters. The van der Waals surface area contributed by atoms with Crippen molar-refractivity contribution in [1.82, 2.24) is 14.8 Å². The number of hydrogen-bond donors (Lipinski definition) is 0. The largest absolute Gasteiger partial charge is 0.417 e. The van der Waals surface area contributed by atoms with Gasteiger partial charge in [0.2, 0.25) is 0 Å². The zero-order chi connectivity index (χ0) is 14.2. The summed E-state index contributed by atoms with van der Waals surface area (Å²) in [6.07, 6.45) is -4.43. The Morgan fingerprint density at radius 2 is 2.00 bits per heavy atom. The predicted molar refractivity (Wildman–Crippen MR) is 68.7 cm³/mol. The van der Waals surface area contributed by atoms with Gasteiger partial charge in [0.1, 0.15) is 5.82 Å². The van der Waals surface area contributed by atoms with E-state index in [1.807, 2.05) is 0 Å². The van der Waals surface area contributed by atoms with Gasteiger partial charge >= 0.3 is 6.18 Å². The standard InChI is InChI=1S/C11H8BrClF3N3/c1-19-9(5-13)17-18-10(19)6-2-3-8(12)7(4-6)11(14,15)16/h2-4H,5H2,1H3. The summed E-state index contributed by atoms with van der Waals surface area (Å²) < 4.78 is 40.0. The van der Waals surface area contributed by atoms with Crippen LogP contribution < -0.4 is 0 Å². The van der Waals surface area contributed by atoms with Gasteiger partial charge in [0.15, 0.2) is 5.82 Å². The summed E-state index contributed by atoms with van der Waals surface area (Å²) in [5.74, 6) is 0.980. The van der Waals surface area contributed by atoms with Crippen molar-refractivity contribution >= 4 is 27.5 Å². The third-order valence-electron chi connectivity index (χ3n) is 2.61. The number of aromatic nitrogens is 3. The highest BCUT2D eigenvalue weighted by molar-refractivity contribution is 9.10. The van der Waals surface area contributed by atoms with Crippen molar-refractivity contribution in [1.29, 1.82) is 0 Å². The molecule has 1 heterocycles. The molecule has 0 unspecified atom stereocenters. The van der Waals surface area contributed by atoms with Gasteiger partial charge in [-0.05, 0) is 12.1 Å². The van der Waals surface area contributed by atoms with Crippen LogP contribution in [0.15, 0.2) is 22.7 Å². The number of benzene rings is 1. The van der Waals surface area contributed by atoms with Crippen LogP contribution in [0.4, 0.5) is 13.2 Å². The van der Waals surface area contributed by atoms with Crippen LogP contribution in [0, 0.1) is 0 Å². The average Bonchev–Trinajstić information content (AvgIpc) is 2.70. The second-order valence-electron chi connectivity index (χ2n) is 3.82. The maximum atomic E-state index is 12.8. The summed E-state index contributed by atoms with van der Waals surface area (Å²) in [5, 5.41) is 7.67. The summed E-state index contributed by atoms with van der Waals surface area (Å²) in [7, 11) is 1.66. The van der Waals surface area contributed by atoms with Crippen LogP contribution in [0.1, 0.15) is 11.4 Å². The van der Waals surface area contributed by atoms with Crippen molar-refractivity contribution in [3.05, 3.63) is 34.1 Å². The van der Waals surface area contributed by atoms with Crippen LogP contribution in [0.25, 0.3) is 11.4 Å². The average molecular weight is 355 g/mol. The lowest BCUT2D eigenvalue weighted by Gasteiger charge is -2.11. The topological polar surface area (TPSA) is 30.7 Å². The minimum absolute atomic E-state index is 0.0107. The van der Waals surface area contributed by atoms with Gasteiger partial charge in [-0.1, -0.05) is 22.0 Å². The van der Waals surface area contributed by atoms with Crippen molar-refractivity contribution < 1.29 is 13.2 Å². The number of hydrogen-bond acceptors (Lipinski definition) is 2. The first kappa shape index (κ1) is 14.3. The first-order chi connectivity index (χ1) is 8.84. The fourth-order valence-corrected chi connectivity index (χ4v) is 2.31. The van der Waals surface area contributed by atoms with Crippen LogP contribution in [-0.4, -0.2) is 14.8 Å². The molecule has 0 aliphatic rings. The van der Waals surface area contributed by atoms with Crippen LogP contribution in [0.5, 0.6) is 0 Å². The van der Waals surface area contributed by atoms with Crippen molar-refractivity contribution in [2.24, 2.45) is 7.05 Å². The molecule has 0 fully saturated rings. The Morgan fingerprint density at radius 1 is 1.32 bits per heavy atom. The quantitative estimate of drug-likeness (QED) is 0.763. The molecule has 0 saturated heterocycles. The lowest BCUT2D eigenvalue weighted by molar-refractivity contribution is -0.138. The van der Waals surface area contributed by atoms with Crippen LogP contribution in [-0.2, 0) is 19.1 Å². The highest BCUT2D eigenvalue weighted by atomic mass is 79.9. The van der Waals surface area contributed by atoms with E-state index < -0.39 is 11.7 Å². The molecule has 0 aliphatic carbocycles. The van der Waals surface area contributed by atoms with Crippen molar-refractivity contribution in [2.75, 3.05) is 0 Å². The number of halogens is 5. The van der Waals surface area contributed by atoms with E-state index >= 15 is 0 Å². The monoisotopic (exact) mass is 353 g/mol. The maximum Gasteiger partial charge on any atom is 0.417 e. The van der Waals surface area contributed by atoms with Gasteiger partial charge in [0, 0.05) is 17.1 Å². The Kier molecular flexibility index (Phi) is 3.87. The molecule has 0 N–H and O–H groups in total. The number of rotatable bonds is 2. The van der Waals surface area contributed by atoms with Gasteiger partial charge < -0.3 is 4.57 Å². The molecule has 0 aliphatic heterocycles. The van der Waals surface area contributed by atoms with E-state index in [2.05, 4.69) is 26.1 Å². The van der Waals surface area contributed by atoms with E-state index in [-0.39, 0.29) is 10.4 Å². The van der Waals surface area contributed by atoms with Gasteiger partial charge in [-0.15, -0.1) is 21.8 Å². The number of alkyl halides is 4. The minimum Gasteiger partial charge on any atom is -0.313 e. The normalized spacial score (nSPS) is 11.9. The molecule has 0 spiro atoms. The number of nitrogens with zero attached hydrogens (tertiary/aromatic N) is 3. The van der Waals surface area contributed by atoms with E-state index in [1.165, 1.54) is 6.07 Å². The first-order valence-electron chi connectivity index (χ1n) is 5.16. The molecule has 3 nitrogen and oxygen atoms in total. The van der Waals surface area contributed by atoms with E-state index in [0.717, 1.165) is 6.07 Å². The zero-order valence-corrected chi connectivity index (χ0v) is 12.0. The molecule has 102 valence electrons. The van der Waals surface area contributed by atoms with Gasteiger partial charge in [-0.2, -0.15) is 13.2 Å². The molecule has 1 aromatic heterocycles. The van der Waals surface area contributed by atoms with Crippen LogP contribution in [0.2, 0.25) is 0 Å².